The van der Waals surface area contributed by atoms with Crippen LogP contribution in [0, 0.1) is 5.92 Å². The van der Waals surface area contributed by atoms with Gasteiger partial charge in [-0.1, -0.05) is 36.4 Å². The van der Waals surface area contributed by atoms with Crippen molar-refractivity contribution < 1.29 is 8.42 Å². The lowest BCUT2D eigenvalue weighted by Crippen LogP contribution is -2.13. The molecule has 2 aromatic rings. The number of hydrogen-bond acceptors (Lipinski definition) is 3. The Morgan fingerprint density at radius 2 is 1.76 bits per heavy atom. The summed E-state index contributed by atoms with van der Waals surface area (Å²) in [6.45, 7) is 0. The van der Waals surface area contributed by atoms with E-state index in [1.54, 1.807) is 18.2 Å². The van der Waals surface area contributed by atoms with Gasteiger partial charge >= 0.3 is 0 Å². The second-order valence-electron chi connectivity index (χ2n) is 5.67. The standard InChI is InChI=1S/C17H19NO2S/c1-21(19,20)16-9-5-8-15(12-16)18-17(14-10-11-14)13-6-3-2-4-7-13/h2-9,12,14,17-18H,10-11H2,1H3. The van der Waals surface area contributed by atoms with Crippen LogP contribution in [0.2, 0.25) is 0 Å². The summed E-state index contributed by atoms with van der Waals surface area (Å²) in [5.74, 6) is 0.634. The van der Waals surface area contributed by atoms with Crippen LogP contribution in [0.3, 0.4) is 0 Å². The molecule has 110 valence electrons. The van der Waals surface area contributed by atoms with E-state index in [0.717, 1.165) is 5.69 Å². The minimum atomic E-state index is -3.17. The number of benzene rings is 2. The zero-order valence-corrected chi connectivity index (χ0v) is 12.8. The topological polar surface area (TPSA) is 46.2 Å². The molecule has 1 fully saturated rings. The first kappa shape index (κ1) is 14.1. The quantitative estimate of drug-likeness (QED) is 0.917. The van der Waals surface area contributed by atoms with E-state index in [2.05, 4.69) is 17.4 Å². The van der Waals surface area contributed by atoms with Crippen LogP contribution in [0.25, 0.3) is 0 Å². The summed E-state index contributed by atoms with van der Waals surface area (Å²) in [4.78, 5) is 0.357. The summed E-state index contributed by atoms with van der Waals surface area (Å²) < 4.78 is 23.3. The summed E-state index contributed by atoms with van der Waals surface area (Å²) in [5.41, 5.74) is 2.11. The third kappa shape index (κ3) is 3.45. The minimum Gasteiger partial charge on any atom is -0.378 e. The molecule has 0 aliphatic heterocycles. The molecule has 1 aliphatic rings. The molecule has 21 heavy (non-hydrogen) atoms. The molecule has 4 heteroatoms. The lowest BCUT2D eigenvalue weighted by atomic mass is 10.0. The molecule has 1 saturated carbocycles. The van der Waals surface area contributed by atoms with Crippen LogP contribution < -0.4 is 5.32 Å². The molecule has 1 atom stereocenters. The number of rotatable bonds is 5. The molecule has 0 saturated heterocycles. The molecule has 0 aromatic heterocycles. The van der Waals surface area contributed by atoms with Crippen molar-refractivity contribution in [1.29, 1.82) is 0 Å². The Hall–Kier alpha value is -1.81. The third-order valence-electron chi connectivity index (χ3n) is 3.84. The summed E-state index contributed by atoms with van der Waals surface area (Å²) in [7, 11) is -3.17. The van der Waals surface area contributed by atoms with E-state index >= 15 is 0 Å². The highest BCUT2D eigenvalue weighted by atomic mass is 32.2. The van der Waals surface area contributed by atoms with Crippen molar-refractivity contribution in [2.45, 2.75) is 23.8 Å². The normalized spacial score (nSPS) is 16.4. The number of anilines is 1. The smallest absolute Gasteiger partial charge is 0.175 e. The number of nitrogens with one attached hydrogen (secondary N) is 1. The Morgan fingerprint density at radius 1 is 1.05 bits per heavy atom. The molecule has 1 aliphatic carbocycles. The maximum atomic E-state index is 11.7. The van der Waals surface area contributed by atoms with Crippen molar-refractivity contribution in [3.8, 4) is 0 Å². The van der Waals surface area contributed by atoms with Crippen molar-refractivity contribution in [2.24, 2.45) is 5.92 Å². The molecule has 1 unspecified atom stereocenters. The van der Waals surface area contributed by atoms with Crippen LogP contribution in [-0.4, -0.2) is 14.7 Å². The summed E-state index contributed by atoms with van der Waals surface area (Å²) in [5, 5.41) is 3.51. The highest BCUT2D eigenvalue weighted by Crippen LogP contribution is 2.42. The predicted molar refractivity (Wildman–Crippen MR) is 85.1 cm³/mol. The van der Waals surface area contributed by atoms with Crippen LogP contribution in [0.15, 0.2) is 59.5 Å². The van der Waals surface area contributed by atoms with Crippen molar-refractivity contribution in [3.05, 3.63) is 60.2 Å². The fourth-order valence-corrected chi connectivity index (χ4v) is 3.23. The van der Waals surface area contributed by atoms with Crippen LogP contribution >= 0.6 is 0 Å². The summed E-state index contributed by atoms with van der Waals surface area (Å²) in [6, 6.07) is 17.6. The van der Waals surface area contributed by atoms with Crippen LogP contribution in [0.4, 0.5) is 5.69 Å². The van der Waals surface area contributed by atoms with Gasteiger partial charge < -0.3 is 5.32 Å². The predicted octanol–water partition coefficient (Wildman–Crippen LogP) is 3.65. The lowest BCUT2D eigenvalue weighted by Gasteiger charge is -2.20. The van der Waals surface area contributed by atoms with Gasteiger partial charge in [0.1, 0.15) is 0 Å². The van der Waals surface area contributed by atoms with E-state index in [0.29, 0.717) is 10.8 Å². The van der Waals surface area contributed by atoms with Gasteiger partial charge in [0, 0.05) is 11.9 Å². The minimum absolute atomic E-state index is 0.251. The Morgan fingerprint density at radius 3 is 2.38 bits per heavy atom. The molecule has 2 aromatic carbocycles. The zero-order valence-electron chi connectivity index (χ0n) is 12.0. The van der Waals surface area contributed by atoms with Crippen molar-refractivity contribution >= 4 is 15.5 Å². The Kier molecular flexibility index (Phi) is 3.72. The number of hydrogen-bond donors (Lipinski definition) is 1. The molecule has 0 heterocycles. The highest BCUT2D eigenvalue weighted by molar-refractivity contribution is 7.90. The highest BCUT2D eigenvalue weighted by Gasteiger charge is 2.32. The van der Waals surface area contributed by atoms with Gasteiger partial charge in [0.25, 0.3) is 0 Å². The van der Waals surface area contributed by atoms with Crippen LogP contribution in [-0.2, 0) is 9.84 Å². The molecule has 0 radical (unpaired) electrons. The van der Waals surface area contributed by atoms with E-state index in [4.69, 9.17) is 0 Å². The Balaban J connectivity index is 1.87. The van der Waals surface area contributed by atoms with Crippen molar-refractivity contribution in [3.63, 3.8) is 0 Å². The lowest BCUT2D eigenvalue weighted by molar-refractivity contribution is 0.602. The Labute approximate surface area is 125 Å². The number of sulfone groups is 1. The van der Waals surface area contributed by atoms with Crippen molar-refractivity contribution in [1.82, 2.24) is 0 Å². The first-order valence-electron chi connectivity index (χ1n) is 7.15. The molecular formula is C17H19NO2S. The molecule has 3 nitrogen and oxygen atoms in total. The van der Waals surface area contributed by atoms with Gasteiger partial charge in [-0.05, 0) is 42.5 Å². The van der Waals surface area contributed by atoms with Crippen LogP contribution in [0.1, 0.15) is 24.4 Å². The van der Waals surface area contributed by atoms with E-state index in [1.165, 1.54) is 24.7 Å². The maximum Gasteiger partial charge on any atom is 0.175 e. The van der Waals surface area contributed by atoms with E-state index in [-0.39, 0.29) is 6.04 Å². The molecule has 1 N–H and O–H groups in total. The van der Waals surface area contributed by atoms with Gasteiger partial charge in [0.2, 0.25) is 0 Å². The second-order valence-corrected chi connectivity index (χ2v) is 7.69. The first-order valence-corrected chi connectivity index (χ1v) is 9.05. The van der Waals surface area contributed by atoms with Gasteiger partial charge in [0.15, 0.2) is 9.84 Å². The Bertz CT molecular complexity index is 721. The van der Waals surface area contributed by atoms with Gasteiger partial charge in [-0.15, -0.1) is 0 Å². The second kappa shape index (κ2) is 5.53. The molecular weight excluding hydrogens is 282 g/mol. The van der Waals surface area contributed by atoms with E-state index in [9.17, 15) is 8.42 Å². The third-order valence-corrected chi connectivity index (χ3v) is 4.95. The zero-order chi connectivity index (χ0) is 14.9. The van der Waals surface area contributed by atoms with Crippen molar-refractivity contribution in [2.75, 3.05) is 11.6 Å². The fraction of sp³-hybridized carbons (Fsp3) is 0.294. The fourth-order valence-electron chi connectivity index (χ4n) is 2.56. The summed E-state index contributed by atoms with van der Waals surface area (Å²) >= 11 is 0. The molecule has 0 amide bonds. The van der Waals surface area contributed by atoms with E-state index in [1.807, 2.05) is 24.3 Å². The first-order chi connectivity index (χ1) is 10.0. The van der Waals surface area contributed by atoms with Gasteiger partial charge in [-0.3, -0.25) is 0 Å². The SMILES string of the molecule is CS(=O)(=O)c1cccc(NC(c2ccccc2)C2CC2)c1. The summed E-state index contributed by atoms with van der Waals surface area (Å²) in [6.07, 6.45) is 3.68. The average molecular weight is 301 g/mol. The monoisotopic (exact) mass is 301 g/mol. The maximum absolute atomic E-state index is 11.7. The van der Waals surface area contributed by atoms with Gasteiger partial charge in [-0.25, -0.2) is 8.42 Å². The molecule has 0 spiro atoms. The molecule has 0 bridgehead atoms. The average Bonchev–Trinajstić information content (AvgIpc) is 3.30. The van der Waals surface area contributed by atoms with E-state index < -0.39 is 9.84 Å². The van der Waals surface area contributed by atoms with Crippen LogP contribution in [0.5, 0.6) is 0 Å². The largest absolute Gasteiger partial charge is 0.378 e. The van der Waals surface area contributed by atoms with Gasteiger partial charge in [-0.2, -0.15) is 0 Å². The molecule has 3 rings (SSSR count). The van der Waals surface area contributed by atoms with Gasteiger partial charge in [0.05, 0.1) is 10.9 Å².